The van der Waals surface area contributed by atoms with Crippen LogP contribution in [0, 0.1) is 20.8 Å². The maximum atomic E-state index is 14.0. The van der Waals surface area contributed by atoms with Crippen LogP contribution in [0.15, 0.2) is 65.6 Å². The third-order valence-electron chi connectivity index (χ3n) is 6.62. The van der Waals surface area contributed by atoms with Crippen molar-refractivity contribution in [3.63, 3.8) is 0 Å². The fourth-order valence-electron chi connectivity index (χ4n) is 4.27. The lowest BCUT2D eigenvalue weighted by molar-refractivity contribution is -0.139. The molecule has 1 atom stereocenters. The number of hydrogen-bond acceptors (Lipinski definition) is 4. The third kappa shape index (κ3) is 7.36. The van der Waals surface area contributed by atoms with Crippen molar-refractivity contribution in [1.82, 2.24) is 10.2 Å². The van der Waals surface area contributed by atoms with Gasteiger partial charge in [0.1, 0.15) is 12.6 Å². The van der Waals surface area contributed by atoms with E-state index in [1.54, 1.807) is 56.3 Å². The van der Waals surface area contributed by atoms with Crippen molar-refractivity contribution in [3.8, 4) is 0 Å². The SMILES string of the molecule is CCCNC(=O)C(C)N(Cc1c(Cl)cccc1Cl)C(=O)CN(c1ccc(C)cc1C)S(=O)(=O)c1ccc(C)cc1. The van der Waals surface area contributed by atoms with E-state index in [0.717, 1.165) is 21.9 Å². The third-order valence-corrected chi connectivity index (χ3v) is 9.10. The average molecular weight is 605 g/mol. The standard InChI is InChI=1S/C30H35Cl2N3O4S/c1-6-16-33-30(37)23(5)34(18-25-26(31)8-7-9-27(25)32)29(36)19-35(28-15-12-21(3)17-22(28)4)40(38,39)24-13-10-20(2)11-14-24/h7-15,17,23H,6,16,18-19H2,1-5H3,(H,33,37). The summed E-state index contributed by atoms with van der Waals surface area (Å²) in [6, 6.07) is 15.9. The second-order valence-electron chi connectivity index (χ2n) is 9.80. The fourth-order valence-corrected chi connectivity index (χ4v) is 6.26. The second kappa shape index (κ2) is 13.5. The van der Waals surface area contributed by atoms with Gasteiger partial charge < -0.3 is 10.2 Å². The normalized spacial score (nSPS) is 12.1. The van der Waals surface area contributed by atoms with E-state index in [9.17, 15) is 18.0 Å². The van der Waals surface area contributed by atoms with Gasteiger partial charge in [0.2, 0.25) is 11.8 Å². The number of anilines is 1. The maximum Gasteiger partial charge on any atom is 0.264 e. The molecule has 0 aromatic heterocycles. The Kier molecular flexibility index (Phi) is 10.6. The number of hydrogen-bond donors (Lipinski definition) is 1. The summed E-state index contributed by atoms with van der Waals surface area (Å²) in [6.07, 6.45) is 0.720. The van der Waals surface area contributed by atoms with E-state index in [-0.39, 0.29) is 17.3 Å². The summed E-state index contributed by atoms with van der Waals surface area (Å²) in [7, 11) is -4.15. The minimum Gasteiger partial charge on any atom is -0.354 e. The predicted octanol–water partition coefficient (Wildman–Crippen LogP) is 6.06. The molecule has 0 saturated carbocycles. The minimum atomic E-state index is -4.15. The molecule has 1 unspecified atom stereocenters. The van der Waals surface area contributed by atoms with Gasteiger partial charge in [0.05, 0.1) is 10.6 Å². The maximum absolute atomic E-state index is 14.0. The van der Waals surface area contributed by atoms with Gasteiger partial charge in [0, 0.05) is 28.7 Å². The van der Waals surface area contributed by atoms with Crippen molar-refractivity contribution in [3.05, 3.63) is 93.0 Å². The van der Waals surface area contributed by atoms with Crippen molar-refractivity contribution in [2.75, 3.05) is 17.4 Å². The van der Waals surface area contributed by atoms with Crippen LogP contribution in [0.2, 0.25) is 10.0 Å². The van der Waals surface area contributed by atoms with Gasteiger partial charge in [0.15, 0.2) is 0 Å². The monoisotopic (exact) mass is 603 g/mol. The van der Waals surface area contributed by atoms with Gasteiger partial charge in [-0.1, -0.05) is 71.6 Å². The summed E-state index contributed by atoms with van der Waals surface area (Å²) in [4.78, 5) is 28.4. The van der Waals surface area contributed by atoms with Gasteiger partial charge in [-0.15, -0.1) is 0 Å². The molecule has 0 aliphatic rings. The highest BCUT2D eigenvalue weighted by Gasteiger charge is 2.33. The van der Waals surface area contributed by atoms with Gasteiger partial charge in [-0.2, -0.15) is 0 Å². The zero-order valence-electron chi connectivity index (χ0n) is 23.4. The van der Waals surface area contributed by atoms with Crippen LogP contribution in [0.5, 0.6) is 0 Å². The summed E-state index contributed by atoms with van der Waals surface area (Å²) in [6.45, 7) is 8.92. The number of nitrogens with zero attached hydrogens (tertiary/aromatic N) is 2. The number of rotatable bonds is 11. The molecular formula is C30H35Cl2N3O4S. The Morgan fingerprint density at radius 2 is 1.52 bits per heavy atom. The van der Waals surface area contributed by atoms with E-state index in [1.807, 2.05) is 26.8 Å². The zero-order chi connectivity index (χ0) is 29.6. The molecule has 3 aromatic carbocycles. The quantitative estimate of drug-likeness (QED) is 0.289. The average Bonchev–Trinajstić information content (AvgIpc) is 2.90. The van der Waals surface area contributed by atoms with Gasteiger partial charge in [-0.05, 0) is 70.0 Å². The van der Waals surface area contributed by atoms with Crippen molar-refractivity contribution in [2.45, 2.75) is 58.5 Å². The van der Waals surface area contributed by atoms with E-state index in [0.29, 0.717) is 33.4 Å². The largest absolute Gasteiger partial charge is 0.354 e. The molecule has 3 rings (SSSR count). The first-order chi connectivity index (χ1) is 18.9. The number of sulfonamides is 1. The Morgan fingerprint density at radius 3 is 2.10 bits per heavy atom. The predicted molar refractivity (Wildman–Crippen MR) is 161 cm³/mol. The fraction of sp³-hybridized carbons (Fsp3) is 0.333. The van der Waals surface area contributed by atoms with E-state index in [4.69, 9.17) is 23.2 Å². The number of aryl methyl sites for hydroxylation is 3. The molecule has 2 amide bonds. The van der Waals surface area contributed by atoms with E-state index >= 15 is 0 Å². The van der Waals surface area contributed by atoms with Crippen LogP contribution in [0.25, 0.3) is 0 Å². The van der Waals surface area contributed by atoms with Crippen LogP contribution in [-0.2, 0) is 26.2 Å². The van der Waals surface area contributed by atoms with Crippen molar-refractivity contribution in [1.29, 1.82) is 0 Å². The molecule has 10 heteroatoms. The molecule has 0 saturated heterocycles. The first-order valence-electron chi connectivity index (χ1n) is 13.0. The second-order valence-corrected chi connectivity index (χ2v) is 12.5. The van der Waals surface area contributed by atoms with Crippen LogP contribution in [-0.4, -0.2) is 44.3 Å². The Bertz CT molecular complexity index is 1460. The number of halogens is 2. The molecule has 0 fully saturated rings. The number of benzene rings is 3. The molecule has 1 N–H and O–H groups in total. The summed E-state index contributed by atoms with van der Waals surface area (Å²) in [5, 5.41) is 3.49. The van der Waals surface area contributed by atoms with Crippen LogP contribution in [0.1, 0.15) is 42.5 Å². The molecule has 0 spiro atoms. The van der Waals surface area contributed by atoms with Gasteiger partial charge >= 0.3 is 0 Å². The van der Waals surface area contributed by atoms with E-state index in [2.05, 4.69) is 5.32 Å². The van der Waals surface area contributed by atoms with Crippen molar-refractivity contribution in [2.24, 2.45) is 0 Å². The lowest BCUT2D eigenvalue weighted by Gasteiger charge is -2.33. The van der Waals surface area contributed by atoms with Crippen LogP contribution in [0.3, 0.4) is 0 Å². The molecule has 0 heterocycles. The lowest BCUT2D eigenvalue weighted by Crippen LogP contribution is -2.51. The number of carbonyl (C=O) groups excluding carboxylic acids is 2. The Balaban J connectivity index is 2.09. The Hall–Kier alpha value is -3.07. The first-order valence-corrected chi connectivity index (χ1v) is 15.2. The molecule has 3 aromatic rings. The van der Waals surface area contributed by atoms with E-state index < -0.39 is 28.5 Å². The van der Waals surface area contributed by atoms with Gasteiger partial charge in [-0.3, -0.25) is 13.9 Å². The summed E-state index contributed by atoms with van der Waals surface area (Å²) in [5.41, 5.74) is 3.39. The van der Waals surface area contributed by atoms with Crippen molar-refractivity contribution >= 4 is 50.7 Å². The highest BCUT2D eigenvalue weighted by molar-refractivity contribution is 7.92. The Labute approximate surface area is 247 Å². The molecule has 0 bridgehead atoms. The van der Waals surface area contributed by atoms with Gasteiger partial charge in [0.25, 0.3) is 10.0 Å². The first kappa shape index (κ1) is 31.5. The highest BCUT2D eigenvalue weighted by Crippen LogP contribution is 2.30. The highest BCUT2D eigenvalue weighted by atomic mass is 35.5. The topological polar surface area (TPSA) is 86.8 Å². The number of amides is 2. The summed E-state index contributed by atoms with van der Waals surface area (Å²) < 4.78 is 29.1. The molecule has 40 heavy (non-hydrogen) atoms. The van der Waals surface area contributed by atoms with E-state index in [1.165, 1.54) is 17.0 Å². The van der Waals surface area contributed by atoms with Gasteiger partial charge in [-0.25, -0.2) is 8.42 Å². The molecule has 214 valence electrons. The molecule has 0 radical (unpaired) electrons. The molecular weight excluding hydrogens is 569 g/mol. The number of carbonyl (C=O) groups is 2. The zero-order valence-corrected chi connectivity index (χ0v) is 25.7. The van der Waals surface area contributed by atoms with Crippen LogP contribution < -0.4 is 9.62 Å². The summed E-state index contributed by atoms with van der Waals surface area (Å²) >= 11 is 12.8. The Morgan fingerprint density at radius 1 is 0.925 bits per heavy atom. The lowest BCUT2D eigenvalue weighted by atomic mass is 10.1. The minimum absolute atomic E-state index is 0.0558. The van der Waals surface area contributed by atoms with Crippen molar-refractivity contribution < 1.29 is 18.0 Å². The van der Waals surface area contributed by atoms with Crippen LogP contribution >= 0.6 is 23.2 Å². The smallest absolute Gasteiger partial charge is 0.264 e. The molecule has 7 nitrogen and oxygen atoms in total. The molecule has 0 aliphatic heterocycles. The molecule has 0 aliphatic carbocycles. The van der Waals surface area contributed by atoms with Crippen LogP contribution in [0.4, 0.5) is 5.69 Å². The summed E-state index contributed by atoms with van der Waals surface area (Å²) in [5.74, 6) is -0.941. The number of nitrogens with one attached hydrogen (secondary N) is 1.